The van der Waals surface area contributed by atoms with Gasteiger partial charge in [-0.3, -0.25) is 0 Å². The van der Waals surface area contributed by atoms with Gasteiger partial charge < -0.3 is 0 Å². The lowest BCUT2D eigenvalue weighted by Gasteiger charge is -2.01. The second kappa shape index (κ2) is 9.07. The van der Waals surface area contributed by atoms with Crippen molar-refractivity contribution >= 4 is 0 Å². The Bertz CT molecular complexity index is 150. The highest BCUT2D eigenvalue weighted by Crippen LogP contribution is 2.45. The van der Waals surface area contributed by atoms with Gasteiger partial charge in [0.25, 0.3) is 0 Å². The monoisotopic (exact) mass is 223 g/mol. The molecular weight excluding hydrogens is 192 g/mol. The second-order valence-corrected chi connectivity index (χ2v) is 5.66. The lowest BCUT2D eigenvalue weighted by Crippen LogP contribution is -1.86. The molecule has 0 saturated heterocycles. The fraction of sp³-hybridized carbons (Fsp3) is 0.938. The van der Waals surface area contributed by atoms with Gasteiger partial charge in [0, 0.05) is 0 Å². The van der Waals surface area contributed by atoms with Crippen LogP contribution in [0.5, 0.6) is 0 Å². The van der Waals surface area contributed by atoms with Crippen LogP contribution in [0.1, 0.15) is 84.0 Å². The summed E-state index contributed by atoms with van der Waals surface area (Å²) in [6.45, 7) is 6.19. The zero-order chi connectivity index (χ0) is 11.6. The van der Waals surface area contributed by atoms with E-state index in [0.29, 0.717) is 0 Å². The molecule has 1 radical (unpaired) electrons. The summed E-state index contributed by atoms with van der Waals surface area (Å²) < 4.78 is 0. The average molecular weight is 223 g/mol. The highest BCUT2D eigenvalue weighted by atomic mass is 14.4. The summed E-state index contributed by atoms with van der Waals surface area (Å²) in [5.41, 5.74) is 0. The van der Waals surface area contributed by atoms with Crippen LogP contribution in [0.25, 0.3) is 0 Å². The molecule has 0 amide bonds. The molecule has 0 heteroatoms. The van der Waals surface area contributed by atoms with E-state index < -0.39 is 0 Å². The van der Waals surface area contributed by atoms with Crippen molar-refractivity contribution in [2.45, 2.75) is 84.0 Å². The van der Waals surface area contributed by atoms with Crippen LogP contribution >= 0.6 is 0 Å². The molecule has 95 valence electrons. The molecule has 1 saturated carbocycles. The SMILES string of the molecule is [CH2]CCCCCCC1CC1CCCCCC. The van der Waals surface area contributed by atoms with Gasteiger partial charge in [0.05, 0.1) is 0 Å². The van der Waals surface area contributed by atoms with E-state index in [1.54, 1.807) is 6.42 Å². The Balaban J connectivity index is 1.79. The van der Waals surface area contributed by atoms with Gasteiger partial charge in [-0.1, -0.05) is 84.5 Å². The van der Waals surface area contributed by atoms with Crippen molar-refractivity contribution in [3.8, 4) is 0 Å². The summed E-state index contributed by atoms with van der Waals surface area (Å²) in [6, 6.07) is 0. The van der Waals surface area contributed by atoms with Crippen LogP contribution in [-0.2, 0) is 0 Å². The third-order valence-corrected chi connectivity index (χ3v) is 4.07. The first-order valence-corrected chi connectivity index (χ1v) is 7.67. The van der Waals surface area contributed by atoms with Crippen molar-refractivity contribution in [3.05, 3.63) is 6.92 Å². The standard InChI is InChI=1S/C16H31/c1-3-5-7-9-11-13-16-14-15(16)12-10-8-6-4-2/h15-16H,1,3-14H2,2H3. The molecule has 1 aliphatic rings. The quantitative estimate of drug-likeness (QED) is 0.390. The molecule has 0 aliphatic heterocycles. The number of hydrogen-bond donors (Lipinski definition) is 0. The van der Waals surface area contributed by atoms with E-state index in [-0.39, 0.29) is 0 Å². The first kappa shape index (κ1) is 14.1. The smallest absolute Gasteiger partial charge is 0.0383 e. The van der Waals surface area contributed by atoms with Crippen molar-refractivity contribution in [1.29, 1.82) is 0 Å². The van der Waals surface area contributed by atoms with Crippen molar-refractivity contribution < 1.29 is 0 Å². The third-order valence-electron chi connectivity index (χ3n) is 4.07. The molecule has 0 bridgehead atoms. The Kier molecular flexibility index (Phi) is 7.98. The van der Waals surface area contributed by atoms with Gasteiger partial charge in [-0.15, -0.1) is 0 Å². The molecule has 2 unspecified atom stereocenters. The van der Waals surface area contributed by atoms with Crippen molar-refractivity contribution in [3.63, 3.8) is 0 Å². The molecule has 0 aromatic rings. The molecular formula is C16H31. The maximum Gasteiger partial charge on any atom is -0.0383 e. The van der Waals surface area contributed by atoms with Gasteiger partial charge in [0.1, 0.15) is 0 Å². The van der Waals surface area contributed by atoms with E-state index in [0.717, 1.165) is 18.3 Å². The largest absolute Gasteiger partial charge is 0.0654 e. The van der Waals surface area contributed by atoms with E-state index in [1.165, 1.54) is 64.2 Å². The highest BCUT2D eigenvalue weighted by Gasteiger charge is 2.34. The maximum absolute atomic E-state index is 3.89. The molecule has 0 aromatic carbocycles. The van der Waals surface area contributed by atoms with Crippen LogP contribution in [0.3, 0.4) is 0 Å². The third kappa shape index (κ3) is 6.55. The van der Waals surface area contributed by atoms with E-state index in [4.69, 9.17) is 0 Å². The second-order valence-electron chi connectivity index (χ2n) is 5.66. The molecule has 1 fully saturated rings. The van der Waals surface area contributed by atoms with Crippen molar-refractivity contribution in [2.75, 3.05) is 0 Å². The van der Waals surface area contributed by atoms with Gasteiger partial charge in [-0.05, 0) is 18.3 Å². The Morgan fingerprint density at radius 3 is 1.94 bits per heavy atom. The molecule has 2 atom stereocenters. The van der Waals surface area contributed by atoms with Crippen LogP contribution in [-0.4, -0.2) is 0 Å². The summed E-state index contributed by atoms with van der Waals surface area (Å²) in [7, 11) is 0. The Morgan fingerprint density at radius 1 is 0.812 bits per heavy atom. The van der Waals surface area contributed by atoms with Gasteiger partial charge in [0.2, 0.25) is 0 Å². The van der Waals surface area contributed by atoms with E-state index >= 15 is 0 Å². The summed E-state index contributed by atoms with van der Waals surface area (Å²) in [5, 5.41) is 0. The fourth-order valence-corrected chi connectivity index (χ4v) is 2.79. The van der Waals surface area contributed by atoms with Crippen LogP contribution in [0, 0.1) is 18.8 Å². The van der Waals surface area contributed by atoms with Gasteiger partial charge in [-0.25, -0.2) is 0 Å². The minimum absolute atomic E-state index is 1.13. The molecule has 1 aliphatic carbocycles. The van der Waals surface area contributed by atoms with Crippen LogP contribution < -0.4 is 0 Å². The predicted octanol–water partition coefficient (Wildman–Crippen LogP) is 5.77. The number of rotatable bonds is 11. The number of hydrogen-bond acceptors (Lipinski definition) is 0. The molecule has 0 N–H and O–H groups in total. The molecule has 0 nitrogen and oxygen atoms in total. The lowest BCUT2D eigenvalue weighted by atomic mass is 10.1. The highest BCUT2D eigenvalue weighted by molar-refractivity contribution is 4.85. The lowest BCUT2D eigenvalue weighted by molar-refractivity contribution is 0.525. The number of unbranched alkanes of at least 4 members (excludes halogenated alkanes) is 7. The van der Waals surface area contributed by atoms with Crippen molar-refractivity contribution in [2.24, 2.45) is 11.8 Å². The summed E-state index contributed by atoms with van der Waals surface area (Å²) in [4.78, 5) is 0. The van der Waals surface area contributed by atoms with E-state index in [9.17, 15) is 0 Å². The minimum atomic E-state index is 1.13. The normalized spacial score (nSPS) is 23.6. The van der Waals surface area contributed by atoms with Gasteiger partial charge >= 0.3 is 0 Å². The fourth-order valence-electron chi connectivity index (χ4n) is 2.79. The Morgan fingerprint density at radius 2 is 1.38 bits per heavy atom. The first-order chi connectivity index (χ1) is 7.88. The summed E-state index contributed by atoms with van der Waals surface area (Å²) in [6.07, 6.45) is 17.2. The summed E-state index contributed by atoms with van der Waals surface area (Å²) in [5.74, 6) is 2.26. The van der Waals surface area contributed by atoms with E-state index in [1.807, 2.05) is 0 Å². The van der Waals surface area contributed by atoms with Gasteiger partial charge in [0.15, 0.2) is 0 Å². The molecule has 1 rings (SSSR count). The minimum Gasteiger partial charge on any atom is -0.0654 e. The van der Waals surface area contributed by atoms with Gasteiger partial charge in [-0.2, -0.15) is 0 Å². The zero-order valence-electron chi connectivity index (χ0n) is 11.3. The molecule has 16 heavy (non-hydrogen) atoms. The van der Waals surface area contributed by atoms with Crippen LogP contribution in [0.2, 0.25) is 0 Å². The average Bonchev–Trinajstić information content (AvgIpc) is 3.03. The predicted molar refractivity (Wildman–Crippen MR) is 73.4 cm³/mol. The topological polar surface area (TPSA) is 0 Å². The summed E-state index contributed by atoms with van der Waals surface area (Å²) >= 11 is 0. The van der Waals surface area contributed by atoms with Crippen LogP contribution in [0.4, 0.5) is 0 Å². The Hall–Kier alpha value is 0. The molecule has 0 spiro atoms. The molecule has 0 heterocycles. The Labute approximate surface area is 103 Å². The molecule has 0 aromatic heterocycles. The zero-order valence-corrected chi connectivity index (χ0v) is 11.3. The van der Waals surface area contributed by atoms with Crippen LogP contribution in [0.15, 0.2) is 0 Å². The maximum atomic E-state index is 3.89. The van der Waals surface area contributed by atoms with Crippen molar-refractivity contribution in [1.82, 2.24) is 0 Å². The first-order valence-electron chi connectivity index (χ1n) is 7.67. The van der Waals surface area contributed by atoms with E-state index in [2.05, 4.69) is 13.8 Å².